The molecule has 0 aliphatic rings. The number of hydrogen-bond acceptors (Lipinski definition) is 5. The third kappa shape index (κ3) is 3.09. The van der Waals surface area contributed by atoms with Crippen molar-refractivity contribution in [3.05, 3.63) is 63.3 Å². The zero-order chi connectivity index (χ0) is 14.5. The van der Waals surface area contributed by atoms with Crippen LogP contribution in [0.25, 0.3) is 0 Å². The van der Waals surface area contributed by atoms with Crippen LogP contribution in [0.2, 0.25) is 0 Å². The maximum Gasteiger partial charge on any atom is 0.269 e. The number of hydrogen-bond donors (Lipinski definition) is 1. The molecule has 1 N–H and O–H groups in total. The number of aromatic nitrogens is 1. The third-order valence-electron chi connectivity index (χ3n) is 2.76. The lowest BCUT2D eigenvalue weighted by molar-refractivity contribution is -0.384. The number of pyridine rings is 1. The van der Waals surface area contributed by atoms with E-state index in [0.717, 1.165) is 11.3 Å². The summed E-state index contributed by atoms with van der Waals surface area (Å²) < 4.78 is 0. The molecule has 0 unspecified atom stereocenters. The quantitative estimate of drug-likeness (QED) is 0.680. The van der Waals surface area contributed by atoms with Crippen LogP contribution in [0.1, 0.15) is 16.8 Å². The number of nitrogens with zero attached hydrogens (tertiary/aromatic N) is 3. The molecule has 6 nitrogen and oxygen atoms in total. The summed E-state index contributed by atoms with van der Waals surface area (Å²) in [7, 11) is 0. The Morgan fingerprint density at radius 3 is 2.60 bits per heavy atom. The first-order valence-corrected chi connectivity index (χ1v) is 5.95. The summed E-state index contributed by atoms with van der Waals surface area (Å²) in [4.78, 5) is 14.4. The number of nitriles is 1. The first kappa shape index (κ1) is 13.5. The van der Waals surface area contributed by atoms with Crippen LogP contribution in [0.3, 0.4) is 0 Å². The van der Waals surface area contributed by atoms with Crippen LogP contribution in [0.5, 0.6) is 0 Å². The highest BCUT2D eigenvalue weighted by Crippen LogP contribution is 2.15. The molecule has 0 atom stereocenters. The number of rotatable bonds is 4. The summed E-state index contributed by atoms with van der Waals surface area (Å²) >= 11 is 0. The Labute approximate surface area is 115 Å². The lowest BCUT2D eigenvalue weighted by atomic mass is 10.2. The van der Waals surface area contributed by atoms with Crippen molar-refractivity contribution in [1.82, 2.24) is 4.98 Å². The van der Waals surface area contributed by atoms with E-state index in [1.807, 2.05) is 6.92 Å². The Morgan fingerprint density at radius 1 is 1.30 bits per heavy atom. The van der Waals surface area contributed by atoms with Crippen molar-refractivity contribution in [1.29, 1.82) is 5.26 Å². The van der Waals surface area contributed by atoms with E-state index >= 15 is 0 Å². The summed E-state index contributed by atoms with van der Waals surface area (Å²) in [6.45, 7) is 2.29. The van der Waals surface area contributed by atoms with Crippen molar-refractivity contribution < 1.29 is 4.92 Å². The summed E-state index contributed by atoms with van der Waals surface area (Å²) in [5.74, 6) is 0.519. The van der Waals surface area contributed by atoms with E-state index in [9.17, 15) is 10.1 Å². The van der Waals surface area contributed by atoms with Gasteiger partial charge in [-0.3, -0.25) is 10.1 Å². The Bertz CT molecular complexity index is 675. The predicted molar refractivity (Wildman–Crippen MR) is 74.1 cm³/mol. The molecule has 0 aliphatic carbocycles. The van der Waals surface area contributed by atoms with Crippen LogP contribution >= 0.6 is 0 Å². The lowest BCUT2D eigenvalue weighted by Gasteiger charge is -2.08. The van der Waals surface area contributed by atoms with Gasteiger partial charge in [-0.1, -0.05) is 12.1 Å². The molecule has 100 valence electrons. The van der Waals surface area contributed by atoms with Gasteiger partial charge in [-0.2, -0.15) is 5.26 Å². The minimum Gasteiger partial charge on any atom is -0.365 e. The van der Waals surface area contributed by atoms with E-state index in [-0.39, 0.29) is 5.69 Å². The molecule has 0 fully saturated rings. The molecular weight excluding hydrogens is 256 g/mol. The minimum atomic E-state index is -0.437. The molecule has 1 aromatic carbocycles. The molecule has 2 rings (SSSR count). The second-order valence-corrected chi connectivity index (χ2v) is 4.24. The highest BCUT2D eigenvalue weighted by molar-refractivity contribution is 5.52. The van der Waals surface area contributed by atoms with Crippen LogP contribution in [0, 0.1) is 28.4 Å². The van der Waals surface area contributed by atoms with Gasteiger partial charge < -0.3 is 5.32 Å². The van der Waals surface area contributed by atoms with Crippen molar-refractivity contribution in [2.75, 3.05) is 5.32 Å². The number of nitro benzene ring substituents is 1. The summed E-state index contributed by atoms with van der Waals surface area (Å²) in [5.41, 5.74) is 2.22. The van der Waals surface area contributed by atoms with E-state index in [1.54, 1.807) is 24.3 Å². The van der Waals surface area contributed by atoms with Gasteiger partial charge in [0.25, 0.3) is 5.69 Å². The van der Waals surface area contributed by atoms with Gasteiger partial charge >= 0.3 is 0 Å². The van der Waals surface area contributed by atoms with Gasteiger partial charge in [0, 0.05) is 24.4 Å². The Balaban J connectivity index is 2.11. The standard InChI is InChI=1S/C14H12N4O2/c1-10-2-5-12(8-15)14(17-10)16-9-11-3-6-13(7-4-11)18(19)20/h2-7H,9H2,1H3,(H,16,17). The zero-order valence-corrected chi connectivity index (χ0v) is 10.8. The lowest BCUT2D eigenvalue weighted by Crippen LogP contribution is -2.04. The van der Waals surface area contributed by atoms with Crippen LogP contribution in [0.15, 0.2) is 36.4 Å². The molecule has 0 bridgehead atoms. The maximum absolute atomic E-state index is 10.6. The van der Waals surface area contributed by atoms with Gasteiger partial charge in [0.05, 0.1) is 10.5 Å². The summed E-state index contributed by atoms with van der Waals surface area (Å²) in [6.07, 6.45) is 0. The van der Waals surface area contributed by atoms with E-state index in [2.05, 4.69) is 16.4 Å². The molecule has 0 radical (unpaired) electrons. The molecule has 20 heavy (non-hydrogen) atoms. The molecule has 1 heterocycles. The first-order chi connectivity index (χ1) is 9.60. The highest BCUT2D eigenvalue weighted by atomic mass is 16.6. The van der Waals surface area contributed by atoms with Gasteiger partial charge in [-0.25, -0.2) is 4.98 Å². The summed E-state index contributed by atoms with van der Waals surface area (Å²) in [5, 5.41) is 22.6. The van der Waals surface area contributed by atoms with Gasteiger partial charge in [-0.05, 0) is 24.6 Å². The maximum atomic E-state index is 10.6. The molecule has 0 aliphatic heterocycles. The van der Waals surface area contributed by atoms with Crippen molar-refractivity contribution in [2.24, 2.45) is 0 Å². The molecule has 0 saturated heterocycles. The summed E-state index contributed by atoms with van der Waals surface area (Å²) in [6, 6.07) is 11.8. The van der Waals surface area contributed by atoms with Crippen LogP contribution in [0.4, 0.5) is 11.5 Å². The van der Waals surface area contributed by atoms with Gasteiger partial charge in [-0.15, -0.1) is 0 Å². The molecule has 2 aromatic rings. The molecular formula is C14H12N4O2. The monoisotopic (exact) mass is 268 g/mol. The number of aryl methyl sites for hydroxylation is 1. The SMILES string of the molecule is Cc1ccc(C#N)c(NCc2ccc([N+](=O)[O-])cc2)n1. The molecule has 0 saturated carbocycles. The van der Waals surface area contributed by atoms with Crippen molar-refractivity contribution >= 4 is 11.5 Å². The van der Waals surface area contributed by atoms with Gasteiger partial charge in [0.2, 0.25) is 0 Å². The topological polar surface area (TPSA) is 91.8 Å². The Hall–Kier alpha value is -2.94. The molecule has 0 spiro atoms. The molecule has 1 aromatic heterocycles. The van der Waals surface area contributed by atoms with E-state index < -0.39 is 4.92 Å². The molecule has 0 amide bonds. The zero-order valence-electron chi connectivity index (χ0n) is 10.8. The Kier molecular flexibility index (Phi) is 3.91. The van der Waals surface area contributed by atoms with Gasteiger partial charge in [0.1, 0.15) is 11.9 Å². The van der Waals surface area contributed by atoms with Gasteiger partial charge in [0.15, 0.2) is 0 Å². The van der Waals surface area contributed by atoms with Crippen LogP contribution < -0.4 is 5.32 Å². The third-order valence-corrected chi connectivity index (χ3v) is 2.76. The number of anilines is 1. The van der Waals surface area contributed by atoms with Crippen LogP contribution in [-0.2, 0) is 6.54 Å². The smallest absolute Gasteiger partial charge is 0.269 e. The second-order valence-electron chi connectivity index (χ2n) is 4.24. The number of non-ortho nitro benzene ring substituents is 1. The minimum absolute atomic E-state index is 0.0557. The number of benzene rings is 1. The second kappa shape index (κ2) is 5.80. The fraction of sp³-hybridized carbons (Fsp3) is 0.143. The molecule has 6 heteroatoms. The normalized spacial score (nSPS) is 9.80. The Morgan fingerprint density at radius 2 is 2.00 bits per heavy atom. The van der Waals surface area contributed by atoms with Crippen molar-refractivity contribution in [3.63, 3.8) is 0 Å². The largest absolute Gasteiger partial charge is 0.365 e. The first-order valence-electron chi connectivity index (χ1n) is 5.95. The number of nitrogens with one attached hydrogen (secondary N) is 1. The van der Waals surface area contributed by atoms with E-state index in [0.29, 0.717) is 17.9 Å². The highest BCUT2D eigenvalue weighted by Gasteiger charge is 2.06. The van der Waals surface area contributed by atoms with E-state index in [1.165, 1.54) is 12.1 Å². The van der Waals surface area contributed by atoms with Crippen molar-refractivity contribution in [2.45, 2.75) is 13.5 Å². The van der Waals surface area contributed by atoms with Crippen LogP contribution in [-0.4, -0.2) is 9.91 Å². The fourth-order valence-electron chi connectivity index (χ4n) is 1.70. The van der Waals surface area contributed by atoms with E-state index in [4.69, 9.17) is 5.26 Å². The average Bonchev–Trinajstić information content (AvgIpc) is 2.45. The number of nitro groups is 1. The van der Waals surface area contributed by atoms with Crippen molar-refractivity contribution in [3.8, 4) is 6.07 Å². The predicted octanol–water partition coefficient (Wildman–Crippen LogP) is 2.78. The average molecular weight is 268 g/mol. The fourth-order valence-corrected chi connectivity index (χ4v) is 1.70.